The Balaban J connectivity index is 1.32. The molecule has 2 N–H and O–H groups in total. The maximum atomic E-state index is 13.5. The van der Waals surface area contributed by atoms with E-state index >= 15 is 0 Å². The van der Waals surface area contributed by atoms with Crippen molar-refractivity contribution in [2.45, 2.75) is 19.0 Å². The second kappa shape index (κ2) is 10.8. The fourth-order valence-electron chi connectivity index (χ4n) is 3.91. The van der Waals surface area contributed by atoms with Gasteiger partial charge in [-0.2, -0.15) is 0 Å². The standard InChI is InChI=1S/C25H24ClN5O5/c26-18-3-1-16(2-4-18)14-31-24(33)21(29-23(32)17-9-11-34-15-17)13-27-25(31)28-19-5-7-20(8-6-19)36-22-10-12-35-30-22/h1-8,10,12,17,21H,9,11,13-15H2,(H,27,28)(H,29,32). The highest BCUT2D eigenvalue weighted by atomic mass is 35.5. The second-order valence-corrected chi connectivity index (χ2v) is 8.86. The van der Waals surface area contributed by atoms with Crippen molar-refractivity contribution in [2.24, 2.45) is 10.9 Å². The number of anilines is 1. The number of hydrogen-bond donors (Lipinski definition) is 2. The van der Waals surface area contributed by atoms with Crippen LogP contribution in [-0.2, 0) is 20.9 Å². The summed E-state index contributed by atoms with van der Waals surface area (Å²) in [4.78, 5) is 32.2. The summed E-state index contributed by atoms with van der Waals surface area (Å²) in [6, 6.07) is 15.2. The van der Waals surface area contributed by atoms with E-state index in [1.54, 1.807) is 42.5 Å². The lowest BCUT2D eigenvalue weighted by atomic mass is 10.1. The van der Waals surface area contributed by atoms with Crippen LogP contribution in [0.1, 0.15) is 12.0 Å². The van der Waals surface area contributed by atoms with Crippen LogP contribution in [0, 0.1) is 5.92 Å². The molecule has 5 rings (SSSR count). The third-order valence-corrected chi connectivity index (χ3v) is 6.11. The molecule has 0 radical (unpaired) electrons. The zero-order valence-electron chi connectivity index (χ0n) is 19.2. The van der Waals surface area contributed by atoms with Crippen LogP contribution >= 0.6 is 11.6 Å². The molecule has 0 spiro atoms. The molecule has 36 heavy (non-hydrogen) atoms. The molecule has 3 heterocycles. The van der Waals surface area contributed by atoms with Crippen LogP contribution in [0.15, 0.2) is 70.4 Å². The molecule has 10 nitrogen and oxygen atoms in total. The molecule has 186 valence electrons. The average molecular weight is 510 g/mol. The van der Waals surface area contributed by atoms with E-state index in [-0.39, 0.29) is 30.8 Å². The molecule has 2 atom stereocenters. The first kappa shape index (κ1) is 23.8. The van der Waals surface area contributed by atoms with Crippen LogP contribution in [0.4, 0.5) is 5.69 Å². The van der Waals surface area contributed by atoms with E-state index in [0.717, 1.165) is 5.56 Å². The fraction of sp³-hybridized carbons (Fsp3) is 0.280. The number of halogens is 1. The number of nitrogens with one attached hydrogen (secondary N) is 2. The van der Waals surface area contributed by atoms with E-state index < -0.39 is 6.04 Å². The molecule has 1 fully saturated rings. The summed E-state index contributed by atoms with van der Waals surface area (Å²) in [5.74, 6) is 0.628. The van der Waals surface area contributed by atoms with E-state index in [4.69, 9.17) is 25.6 Å². The normalized spacial score (nSPS) is 19.6. The Kier molecular flexibility index (Phi) is 7.15. The number of aromatic nitrogens is 1. The average Bonchev–Trinajstić information content (AvgIpc) is 3.60. The molecule has 1 aromatic heterocycles. The number of guanidine groups is 1. The van der Waals surface area contributed by atoms with Crippen molar-refractivity contribution >= 4 is 35.1 Å². The van der Waals surface area contributed by atoms with Crippen LogP contribution in [0.5, 0.6) is 11.6 Å². The number of rotatable bonds is 7. The van der Waals surface area contributed by atoms with Gasteiger partial charge >= 0.3 is 0 Å². The molecule has 3 aromatic rings. The minimum absolute atomic E-state index is 0.130. The lowest BCUT2D eigenvalue weighted by Gasteiger charge is -2.33. The van der Waals surface area contributed by atoms with Gasteiger partial charge in [0.15, 0.2) is 0 Å². The number of hydrogen-bond acceptors (Lipinski definition) is 8. The first-order valence-corrected chi connectivity index (χ1v) is 11.9. The van der Waals surface area contributed by atoms with Crippen molar-refractivity contribution < 1.29 is 23.6 Å². The third-order valence-electron chi connectivity index (χ3n) is 5.86. The SMILES string of the molecule is O=C(NC1CN=C(Nc2ccc(Oc3ccon3)cc2)N(Cc2ccc(Cl)cc2)C1=O)C1CCOC1. The number of carbonyl (C=O) groups excluding carboxylic acids is 2. The summed E-state index contributed by atoms with van der Waals surface area (Å²) in [5, 5.41) is 10.4. The van der Waals surface area contributed by atoms with Crippen molar-refractivity contribution in [3.63, 3.8) is 0 Å². The Hall–Kier alpha value is -3.89. The number of aliphatic imine (C=N–C) groups is 1. The predicted molar refractivity (Wildman–Crippen MR) is 132 cm³/mol. The lowest BCUT2D eigenvalue weighted by Crippen LogP contribution is -2.57. The van der Waals surface area contributed by atoms with Crippen LogP contribution in [0.25, 0.3) is 0 Å². The maximum Gasteiger partial charge on any atom is 0.259 e. The van der Waals surface area contributed by atoms with Crippen molar-refractivity contribution in [1.82, 2.24) is 15.4 Å². The minimum Gasteiger partial charge on any atom is -0.436 e. The first-order valence-electron chi connectivity index (χ1n) is 11.5. The van der Waals surface area contributed by atoms with Gasteiger partial charge in [0.25, 0.3) is 11.8 Å². The maximum absolute atomic E-state index is 13.5. The molecular formula is C25H24ClN5O5. The Bertz CT molecular complexity index is 1220. The number of amides is 2. The topological polar surface area (TPSA) is 118 Å². The predicted octanol–water partition coefficient (Wildman–Crippen LogP) is 3.45. The highest BCUT2D eigenvalue weighted by molar-refractivity contribution is 6.30. The van der Waals surface area contributed by atoms with Gasteiger partial charge in [0.2, 0.25) is 11.9 Å². The third kappa shape index (κ3) is 5.67. The molecule has 0 aliphatic carbocycles. The van der Waals surface area contributed by atoms with Crippen molar-refractivity contribution in [3.8, 4) is 11.6 Å². The lowest BCUT2D eigenvalue weighted by molar-refractivity contribution is -0.135. The van der Waals surface area contributed by atoms with Crippen molar-refractivity contribution in [2.75, 3.05) is 25.1 Å². The molecule has 11 heteroatoms. The quantitative estimate of drug-likeness (QED) is 0.500. The van der Waals surface area contributed by atoms with Gasteiger partial charge < -0.3 is 24.6 Å². The van der Waals surface area contributed by atoms with Gasteiger partial charge in [0.05, 0.1) is 25.6 Å². The molecular weight excluding hydrogens is 486 g/mol. The van der Waals surface area contributed by atoms with Gasteiger partial charge in [-0.3, -0.25) is 14.5 Å². The van der Waals surface area contributed by atoms with E-state index in [2.05, 4.69) is 20.8 Å². The number of carbonyl (C=O) groups is 2. The first-order chi connectivity index (χ1) is 17.5. The summed E-state index contributed by atoms with van der Waals surface area (Å²) >= 11 is 6.03. The highest BCUT2D eigenvalue weighted by Crippen LogP contribution is 2.23. The fourth-order valence-corrected chi connectivity index (χ4v) is 4.04. The summed E-state index contributed by atoms with van der Waals surface area (Å²) in [7, 11) is 0. The molecule has 0 saturated carbocycles. The molecule has 1 saturated heterocycles. The highest BCUT2D eigenvalue weighted by Gasteiger charge is 2.35. The van der Waals surface area contributed by atoms with E-state index in [9.17, 15) is 9.59 Å². The molecule has 2 aliphatic rings. The van der Waals surface area contributed by atoms with Crippen molar-refractivity contribution in [1.29, 1.82) is 0 Å². The monoisotopic (exact) mass is 509 g/mol. The molecule has 2 amide bonds. The van der Waals surface area contributed by atoms with Crippen LogP contribution < -0.4 is 15.4 Å². The van der Waals surface area contributed by atoms with E-state index in [1.807, 2.05) is 12.1 Å². The van der Waals surface area contributed by atoms with Crippen LogP contribution in [0.2, 0.25) is 5.02 Å². The summed E-state index contributed by atoms with van der Waals surface area (Å²) in [5.41, 5.74) is 1.58. The Morgan fingerprint density at radius 1 is 1.14 bits per heavy atom. The van der Waals surface area contributed by atoms with Gasteiger partial charge in [-0.25, -0.2) is 4.99 Å². The summed E-state index contributed by atoms with van der Waals surface area (Å²) < 4.78 is 15.7. The molecule has 2 aliphatic heterocycles. The molecule has 0 bridgehead atoms. The number of nitrogens with zero attached hydrogens (tertiary/aromatic N) is 3. The smallest absolute Gasteiger partial charge is 0.259 e. The summed E-state index contributed by atoms with van der Waals surface area (Å²) in [6.07, 6.45) is 2.07. The molecule has 2 unspecified atom stereocenters. The van der Waals surface area contributed by atoms with Gasteiger partial charge in [0.1, 0.15) is 18.1 Å². The zero-order valence-corrected chi connectivity index (χ0v) is 20.0. The minimum atomic E-state index is -0.755. The van der Waals surface area contributed by atoms with E-state index in [0.29, 0.717) is 47.9 Å². The number of benzene rings is 2. The van der Waals surface area contributed by atoms with E-state index in [1.165, 1.54) is 11.2 Å². The Morgan fingerprint density at radius 2 is 1.94 bits per heavy atom. The second-order valence-electron chi connectivity index (χ2n) is 8.43. The van der Waals surface area contributed by atoms with Crippen LogP contribution in [-0.4, -0.2) is 53.6 Å². The summed E-state index contributed by atoms with van der Waals surface area (Å²) in [6.45, 7) is 1.31. The van der Waals surface area contributed by atoms with Crippen LogP contribution in [0.3, 0.4) is 0 Å². The molecule has 2 aromatic carbocycles. The largest absolute Gasteiger partial charge is 0.436 e. The van der Waals surface area contributed by atoms with Gasteiger partial charge in [-0.1, -0.05) is 23.7 Å². The zero-order chi connectivity index (χ0) is 24.9. The Labute approximate surface area is 212 Å². The number of ether oxygens (including phenoxy) is 2. The van der Waals surface area contributed by atoms with Gasteiger partial charge in [-0.15, -0.1) is 0 Å². The van der Waals surface area contributed by atoms with Crippen molar-refractivity contribution in [3.05, 3.63) is 71.4 Å². The Morgan fingerprint density at radius 3 is 2.64 bits per heavy atom. The van der Waals surface area contributed by atoms with Gasteiger partial charge in [-0.05, 0) is 53.5 Å². The van der Waals surface area contributed by atoms with Gasteiger partial charge in [0, 0.05) is 23.4 Å².